The van der Waals surface area contributed by atoms with Crippen molar-refractivity contribution in [2.75, 3.05) is 0 Å². The molecule has 4 aliphatic carbocycles. The molecule has 41 heavy (non-hydrogen) atoms. The standard InChI is InChI=1S/C21H28P.C16H13.2ClH.Hf/c1-3-11-19(12-4-1)22(20-13-5-2-6-14-20)21-15-17-9-7-8-10-18(17)16-21;1-12-10-14-8-5-9-15(16(14)11-12)13-6-3-2-4-7-13;;;/h7-10,15-16,19-20H,1-6,11-14H2;2-11H,1H3;2*1H;/q;;;;+2/p-2. The van der Waals surface area contributed by atoms with E-state index in [1.807, 2.05) is 5.31 Å². The third-order valence-corrected chi connectivity index (χ3v) is 21.7. The molecule has 2 fully saturated rings. The fourth-order valence-corrected chi connectivity index (χ4v) is 20.7. The molecule has 0 N–H and O–H groups in total. The van der Waals surface area contributed by atoms with E-state index in [9.17, 15) is 0 Å². The summed E-state index contributed by atoms with van der Waals surface area (Å²) in [5.74, 6) is 0. The van der Waals surface area contributed by atoms with Gasteiger partial charge in [0.1, 0.15) is 0 Å². The van der Waals surface area contributed by atoms with E-state index in [-0.39, 0.29) is 32.7 Å². The van der Waals surface area contributed by atoms with E-state index in [4.69, 9.17) is 0 Å². The summed E-state index contributed by atoms with van der Waals surface area (Å²) in [6.45, 7) is 2.45. The minimum Gasteiger partial charge on any atom is -1.00 e. The number of halogens is 2. The molecule has 0 aromatic heterocycles. The summed E-state index contributed by atoms with van der Waals surface area (Å²) in [6, 6.07) is 27.8. The molecule has 0 bridgehead atoms. The van der Waals surface area contributed by atoms with E-state index in [1.165, 1.54) is 80.9 Å². The summed E-state index contributed by atoms with van der Waals surface area (Å²) in [5, 5.41) is 1.97. The van der Waals surface area contributed by atoms with Gasteiger partial charge in [-0.05, 0) is 0 Å². The quantitative estimate of drug-likeness (QED) is 0.241. The van der Waals surface area contributed by atoms with Gasteiger partial charge < -0.3 is 24.8 Å². The molecule has 0 spiro atoms. The van der Waals surface area contributed by atoms with E-state index >= 15 is 0 Å². The maximum Gasteiger partial charge on any atom is -1.00 e. The smallest absolute Gasteiger partial charge is 1.00 e. The van der Waals surface area contributed by atoms with E-state index in [0.717, 1.165) is 15.0 Å². The van der Waals surface area contributed by atoms with Crippen LogP contribution in [0.3, 0.4) is 0 Å². The van der Waals surface area contributed by atoms with E-state index in [1.54, 1.807) is 22.3 Å². The minimum atomic E-state index is -1.16. The molecule has 212 valence electrons. The van der Waals surface area contributed by atoms with E-state index in [2.05, 4.69) is 91.9 Å². The van der Waals surface area contributed by atoms with Crippen molar-refractivity contribution < 1.29 is 47.7 Å². The van der Waals surface area contributed by atoms with Crippen molar-refractivity contribution in [3.05, 3.63) is 106 Å². The Morgan fingerprint density at radius 3 is 1.90 bits per heavy atom. The molecule has 2 unspecified atom stereocenters. The molecule has 7 rings (SSSR count). The van der Waals surface area contributed by atoms with Crippen LogP contribution >= 0.6 is 7.92 Å². The minimum absolute atomic E-state index is 0. The van der Waals surface area contributed by atoms with Crippen LogP contribution in [0.5, 0.6) is 0 Å². The van der Waals surface area contributed by atoms with Gasteiger partial charge in [0, 0.05) is 0 Å². The van der Waals surface area contributed by atoms with E-state index in [0.29, 0.717) is 3.67 Å². The molecule has 0 aliphatic heterocycles. The Morgan fingerprint density at radius 2 is 1.22 bits per heavy atom. The Hall–Kier alpha value is -0.980. The Labute approximate surface area is 272 Å². The van der Waals surface area contributed by atoms with Gasteiger partial charge in [-0.2, -0.15) is 0 Å². The summed E-state index contributed by atoms with van der Waals surface area (Å²) in [5.41, 5.74) is 12.8. The summed E-state index contributed by atoms with van der Waals surface area (Å²) >= 11 is -1.16. The number of rotatable bonds is 6. The van der Waals surface area contributed by atoms with Crippen LogP contribution in [0.15, 0.2) is 83.7 Å². The van der Waals surface area contributed by atoms with Crippen molar-refractivity contribution in [1.82, 2.24) is 0 Å². The van der Waals surface area contributed by atoms with Gasteiger partial charge in [0.2, 0.25) is 0 Å². The van der Waals surface area contributed by atoms with E-state index < -0.39 is 22.9 Å². The molecule has 0 nitrogen and oxygen atoms in total. The van der Waals surface area contributed by atoms with Gasteiger partial charge in [-0.15, -0.1) is 0 Å². The molecule has 0 radical (unpaired) electrons. The Morgan fingerprint density at radius 1 is 0.610 bits per heavy atom. The van der Waals surface area contributed by atoms with Crippen LogP contribution in [-0.2, 0) is 22.9 Å². The van der Waals surface area contributed by atoms with Crippen LogP contribution in [-0.4, -0.2) is 11.3 Å². The zero-order valence-corrected chi connectivity index (χ0v) is 30.2. The largest absolute Gasteiger partial charge is 1.00 e. The Bertz CT molecular complexity index is 1370. The summed E-state index contributed by atoms with van der Waals surface area (Å²) in [6.07, 6.45) is 20.2. The normalized spacial score (nSPS) is 22.1. The number of benzene rings is 3. The molecule has 2 saturated carbocycles. The third-order valence-electron chi connectivity index (χ3n) is 9.84. The molecule has 0 saturated heterocycles. The molecule has 3 aromatic rings. The van der Waals surface area contributed by atoms with Crippen molar-refractivity contribution in [3.63, 3.8) is 0 Å². The second-order valence-electron chi connectivity index (χ2n) is 12.3. The first kappa shape index (κ1) is 31.4. The fraction of sp³-hybridized carbons (Fsp3) is 0.405. The van der Waals surface area contributed by atoms with Gasteiger partial charge in [-0.3, -0.25) is 0 Å². The summed E-state index contributed by atoms with van der Waals surface area (Å²) < 4.78 is 1.48. The summed E-state index contributed by atoms with van der Waals surface area (Å²) in [7, 11) is -0.0376. The molecule has 4 heteroatoms. The van der Waals surface area contributed by atoms with Crippen molar-refractivity contribution in [3.8, 4) is 11.1 Å². The molecular formula is C37H41Cl2HfP. The van der Waals surface area contributed by atoms with Gasteiger partial charge >= 0.3 is 250 Å². The second kappa shape index (κ2) is 14.2. The number of hydrogen-bond acceptors (Lipinski definition) is 0. The average molecular weight is 766 g/mol. The zero-order chi connectivity index (χ0) is 26.2. The maximum atomic E-state index is 2.76. The van der Waals surface area contributed by atoms with Crippen LogP contribution < -0.4 is 24.8 Å². The Balaban J connectivity index is 0.00000169. The zero-order valence-electron chi connectivity index (χ0n) is 24.2. The third kappa shape index (κ3) is 6.32. The predicted octanol–water partition coefficient (Wildman–Crippen LogP) is 5.15. The van der Waals surface area contributed by atoms with Crippen LogP contribution in [0.25, 0.3) is 23.3 Å². The SMILES string of the molecule is CC1=Cc2c(-c3ccccc3)cccc2[CH]1[Hf+2][CH]1C(P(C2CCCCC2)C2CCCCC2)=Cc2ccccc21.[Cl-].[Cl-]. The van der Waals surface area contributed by atoms with Crippen LogP contribution in [0, 0.1) is 0 Å². The van der Waals surface area contributed by atoms with Gasteiger partial charge in [-0.1, -0.05) is 0 Å². The molecular weight excluding hydrogens is 725 g/mol. The number of fused-ring (bicyclic) bond motifs is 2. The second-order valence-corrected chi connectivity index (χ2v) is 20.4. The topological polar surface area (TPSA) is 0 Å². The fourth-order valence-electron chi connectivity index (χ4n) is 7.95. The van der Waals surface area contributed by atoms with Gasteiger partial charge in [0.15, 0.2) is 0 Å². The number of hydrogen-bond donors (Lipinski definition) is 0. The number of allylic oxidation sites excluding steroid dienone is 2. The maximum absolute atomic E-state index is 2.76. The summed E-state index contributed by atoms with van der Waals surface area (Å²) in [4.78, 5) is 0. The van der Waals surface area contributed by atoms with Crippen LogP contribution in [0.1, 0.15) is 101 Å². The first-order valence-electron chi connectivity index (χ1n) is 15.5. The van der Waals surface area contributed by atoms with Crippen molar-refractivity contribution >= 4 is 20.1 Å². The van der Waals surface area contributed by atoms with Gasteiger partial charge in [0.25, 0.3) is 0 Å². The van der Waals surface area contributed by atoms with Gasteiger partial charge in [0.05, 0.1) is 0 Å². The van der Waals surface area contributed by atoms with Crippen molar-refractivity contribution in [2.45, 2.75) is 89.8 Å². The van der Waals surface area contributed by atoms with Crippen LogP contribution in [0.2, 0.25) is 0 Å². The monoisotopic (exact) mass is 766 g/mol. The predicted molar refractivity (Wildman–Crippen MR) is 166 cm³/mol. The van der Waals surface area contributed by atoms with Gasteiger partial charge in [-0.25, -0.2) is 0 Å². The first-order chi connectivity index (χ1) is 19.3. The first-order valence-corrected chi connectivity index (χ1v) is 21.1. The van der Waals surface area contributed by atoms with Crippen LogP contribution in [0.4, 0.5) is 0 Å². The molecule has 0 amide bonds. The molecule has 2 atom stereocenters. The molecule has 3 aromatic carbocycles. The molecule has 0 heterocycles. The van der Waals surface area contributed by atoms with Crippen molar-refractivity contribution in [1.29, 1.82) is 0 Å². The Kier molecular flexibility index (Phi) is 10.9. The molecule has 4 aliphatic rings. The van der Waals surface area contributed by atoms with Crippen molar-refractivity contribution in [2.24, 2.45) is 0 Å². The average Bonchev–Trinajstić information content (AvgIpc) is 3.52.